The number of para-hydroxylation sites is 1. The highest BCUT2D eigenvalue weighted by atomic mass is 14.6. The first-order valence-corrected chi connectivity index (χ1v) is 4.23. The molecule has 0 saturated carbocycles. The Hall–Kier alpha value is -1.24. The molecule has 1 aromatic rings. The zero-order valence-electron chi connectivity index (χ0n) is 7.62. The van der Waals surface area contributed by atoms with E-state index in [-0.39, 0.29) is 0 Å². The second-order valence-corrected chi connectivity index (χ2v) is 2.94. The van der Waals surface area contributed by atoms with Crippen LogP contribution in [0.5, 0.6) is 0 Å². The normalized spacial score (nSPS) is 13.5. The number of allylic oxidation sites excluding steroid dienone is 2. The summed E-state index contributed by atoms with van der Waals surface area (Å²) >= 11 is 0. The van der Waals surface area contributed by atoms with Gasteiger partial charge in [0.25, 0.3) is 0 Å². The van der Waals surface area contributed by atoms with Gasteiger partial charge < -0.3 is 5.73 Å². The molecular formula is C11H15N. The third-order valence-electron chi connectivity index (χ3n) is 1.97. The van der Waals surface area contributed by atoms with E-state index in [0.717, 1.165) is 5.69 Å². The van der Waals surface area contributed by atoms with Gasteiger partial charge in [-0.05, 0) is 18.6 Å². The Morgan fingerprint density at radius 3 is 2.58 bits per heavy atom. The lowest BCUT2D eigenvalue weighted by Gasteiger charge is -2.08. The molecular weight excluding hydrogens is 146 g/mol. The van der Waals surface area contributed by atoms with Gasteiger partial charge in [-0.1, -0.05) is 37.3 Å². The van der Waals surface area contributed by atoms with Crippen LogP contribution < -0.4 is 5.73 Å². The number of hydrogen-bond donors (Lipinski definition) is 1. The van der Waals surface area contributed by atoms with E-state index in [1.165, 1.54) is 5.56 Å². The summed E-state index contributed by atoms with van der Waals surface area (Å²) in [6.45, 7) is 4.17. The van der Waals surface area contributed by atoms with Crippen LogP contribution in [0.15, 0.2) is 36.4 Å². The van der Waals surface area contributed by atoms with Crippen LogP contribution in [-0.4, -0.2) is 0 Å². The summed E-state index contributed by atoms with van der Waals surface area (Å²) < 4.78 is 0. The van der Waals surface area contributed by atoms with E-state index in [1.807, 2.05) is 25.1 Å². The molecule has 0 aliphatic rings. The summed E-state index contributed by atoms with van der Waals surface area (Å²) in [4.78, 5) is 0. The minimum Gasteiger partial charge on any atom is -0.398 e. The molecule has 2 N–H and O–H groups in total. The van der Waals surface area contributed by atoms with Gasteiger partial charge in [-0.15, -0.1) is 0 Å². The third kappa shape index (κ3) is 1.88. The highest BCUT2D eigenvalue weighted by Crippen LogP contribution is 2.22. The lowest BCUT2D eigenvalue weighted by Crippen LogP contribution is -1.96. The molecule has 1 heteroatoms. The molecule has 1 nitrogen and oxygen atoms in total. The fraction of sp³-hybridized carbons (Fsp3) is 0.273. The van der Waals surface area contributed by atoms with E-state index >= 15 is 0 Å². The maximum atomic E-state index is 5.82. The first kappa shape index (κ1) is 8.85. The summed E-state index contributed by atoms with van der Waals surface area (Å²) in [5, 5.41) is 0. The van der Waals surface area contributed by atoms with Crippen molar-refractivity contribution in [3.8, 4) is 0 Å². The second kappa shape index (κ2) is 3.96. The van der Waals surface area contributed by atoms with Crippen LogP contribution in [0.4, 0.5) is 5.69 Å². The van der Waals surface area contributed by atoms with Crippen molar-refractivity contribution in [3.05, 3.63) is 42.0 Å². The lowest BCUT2D eigenvalue weighted by molar-refractivity contribution is 0.969. The van der Waals surface area contributed by atoms with Gasteiger partial charge in [0.05, 0.1) is 0 Å². The molecule has 0 aliphatic heterocycles. The van der Waals surface area contributed by atoms with Crippen molar-refractivity contribution < 1.29 is 0 Å². The predicted octanol–water partition coefficient (Wildman–Crippen LogP) is 2.95. The summed E-state index contributed by atoms with van der Waals surface area (Å²) in [5.74, 6) is 0.413. The zero-order valence-corrected chi connectivity index (χ0v) is 7.62. The van der Waals surface area contributed by atoms with Crippen molar-refractivity contribution >= 4 is 5.69 Å². The maximum Gasteiger partial charge on any atom is 0.0352 e. The molecule has 0 aliphatic carbocycles. The summed E-state index contributed by atoms with van der Waals surface area (Å²) in [5.41, 5.74) is 7.90. The minimum atomic E-state index is 0.413. The quantitative estimate of drug-likeness (QED) is 0.523. The van der Waals surface area contributed by atoms with E-state index in [0.29, 0.717) is 5.92 Å². The predicted molar refractivity (Wildman–Crippen MR) is 54.1 cm³/mol. The van der Waals surface area contributed by atoms with Crippen LogP contribution in [0.2, 0.25) is 0 Å². The molecule has 0 amide bonds. The molecule has 1 rings (SSSR count). The van der Waals surface area contributed by atoms with Crippen LogP contribution in [0.1, 0.15) is 25.3 Å². The Labute approximate surface area is 73.9 Å². The Bertz CT molecular complexity index is 276. The van der Waals surface area contributed by atoms with Gasteiger partial charge in [0.15, 0.2) is 0 Å². The Balaban J connectivity index is 2.94. The van der Waals surface area contributed by atoms with Crippen LogP contribution in [0.3, 0.4) is 0 Å². The molecule has 1 atom stereocenters. The second-order valence-electron chi connectivity index (χ2n) is 2.94. The SMILES string of the molecule is C/C=C/[C@H](C)c1ccccc1N. The smallest absolute Gasteiger partial charge is 0.0352 e. The minimum absolute atomic E-state index is 0.413. The molecule has 0 bridgehead atoms. The molecule has 0 aromatic heterocycles. The van der Waals surface area contributed by atoms with Crippen LogP contribution >= 0.6 is 0 Å². The van der Waals surface area contributed by atoms with Gasteiger partial charge in [-0.3, -0.25) is 0 Å². The van der Waals surface area contributed by atoms with Gasteiger partial charge in [0.2, 0.25) is 0 Å². The zero-order chi connectivity index (χ0) is 8.97. The van der Waals surface area contributed by atoms with Gasteiger partial charge >= 0.3 is 0 Å². The fourth-order valence-electron chi connectivity index (χ4n) is 1.32. The summed E-state index contributed by atoms with van der Waals surface area (Å²) in [6.07, 6.45) is 4.20. The highest BCUT2D eigenvalue weighted by molar-refractivity contribution is 5.49. The third-order valence-corrected chi connectivity index (χ3v) is 1.97. The van der Waals surface area contributed by atoms with Gasteiger partial charge in [-0.25, -0.2) is 0 Å². The van der Waals surface area contributed by atoms with Gasteiger partial charge in [0, 0.05) is 11.6 Å². The standard InChI is InChI=1S/C11H15N/c1-3-6-9(2)10-7-4-5-8-11(10)12/h3-9H,12H2,1-2H3/b6-3+/t9-/m0/s1. The molecule has 0 unspecified atom stereocenters. The number of benzene rings is 1. The Kier molecular flexibility index (Phi) is 2.92. The molecule has 1 aromatic carbocycles. The van der Waals surface area contributed by atoms with E-state index in [9.17, 15) is 0 Å². The molecule has 0 radical (unpaired) electrons. The van der Waals surface area contributed by atoms with E-state index in [2.05, 4.69) is 25.1 Å². The number of anilines is 1. The number of nitrogens with two attached hydrogens (primary N) is 1. The highest BCUT2D eigenvalue weighted by Gasteiger charge is 2.03. The fourth-order valence-corrected chi connectivity index (χ4v) is 1.32. The summed E-state index contributed by atoms with van der Waals surface area (Å²) in [7, 11) is 0. The summed E-state index contributed by atoms with van der Waals surface area (Å²) in [6, 6.07) is 7.99. The topological polar surface area (TPSA) is 26.0 Å². The molecule has 0 saturated heterocycles. The first-order valence-electron chi connectivity index (χ1n) is 4.23. The van der Waals surface area contributed by atoms with E-state index in [1.54, 1.807) is 0 Å². The number of hydrogen-bond acceptors (Lipinski definition) is 1. The average molecular weight is 161 g/mol. The average Bonchev–Trinajstić information content (AvgIpc) is 2.05. The number of rotatable bonds is 2. The van der Waals surface area contributed by atoms with Gasteiger partial charge in [-0.2, -0.15) is 0 Å². The van der Waals surface area contributed by atoms with Crippen molar-refractivity contribution in [2.24, 2.45) is 0 Å². The molecule has 0 spiro atoms. The van der Waals surface area contributed by atoms with E-state index < -0.39 is 0 Å². The lowest BCUT2D eigenvalue weighted by atomic mass is 9.99. The van der Waals surface area contributed by atoms with Crippen molar-refractivity contribution in [1.82, 2.24) is 0 Å². The van der Waals surface area contributed by atoms with Crippen molar-refractivity contribution in [1.29, 1.82) is 0 Å². The van der Waals surface area contributed by atoms with Crippen LogP contribution in [0, 0.1) is 0 Å². The first-order chi connectivity index (χ1) is 5.75. The van der Waals surface area contributed by atoms with Gasteiger partial charge in [0.1, 0.15) is 0 Å². The van der Waals surface area contributed by atoms with Crippen molar-refractivity contribution in [2.45, 2.75) is 19.8 Å². The monoisotopic (exact) mass is 161 g/mol. The molecule has 0 fully saturated rings. The molecule has 0 heterocycles. The van der Waals surface area contributed by atoms with E-state index in [4.69, 9.17) is 5.73 Å². The molecule has 12 heavy (non-hydrogen) atoms. The Morgan fingerprint density at radius 2 is 2.00 bits per heavy atom. The largest absolute Gasteiger partial charge is 0.398 e. The van der Waals surface area contributed by atoms with Crippen molar-refractivity contribution in [2.75, 3.05) is 5.73 Å². The molecule has 64 valence electrons. The van der Waals surface area contributed by atoms with Crippen LogP contribution in [-0.2, 0) is 0 Å². The number of nitrogen functional groups attached to an aromatic ring is 1. The maximum absolute atomic E-state index is 5.82. The Morgan fingerprint density at radius 1 is 1.33 bits per heavy atom. The van der Waals surface area contributed by atoms with Crippen molar-refractivity contribution in [3.63, 3.8) is 0 Å². The van der Waals surface area contributed by atoms with Crippen LogP contribution in [0.25, 0.3) is 0 Å².